The minimum absolute atomic E-state index is 0.246. The van der Waals surface area contributed by atoms with E-state index in [1.807, 2.05) is 0 Å². The SMILES string of the molecule is O=C(CC1CC1)N1C[C@@H]2CN(Cc3ccsc3)CCO[C@@H]2C1. The molecule has 2 aliphatic heterocycles. The van der Waals surface area contributed by atoms with Crippen molar-refractivity contribution >= 4 is 17.2 Å². The van der Waals surface area contributed by atoms with Gasteiger partial charge in [0.2, 0.25) is 5.91 Å². The lowest BCUT2D eigenvalue weighted by molar-refractivity contribution is -0.131. The molecule has 1 saturated carbocycles. The summed E-state index contributed by atoms with van der Waals surface area (Å²) in [7, 11) is 0. The molecule has 2 atom stereocenters. The maximum absolute atomic E-state index is 12.3. The second-order valence-electron chi connectivity index (χ2n) is 6.98. The zero-order valence-electron chi connectivity index (χ0n) is 12.9. The molecule has 0 N–H and O–H groups in total. The highest BCUT2D eigenvalue weighted by Gasteiger charge is 2.39. The number of carbonyl (C=O) groups is 1. The summed E-state index contributed by atoms with van der Waals surface area (Å²) in [6.07, 6.45) is 3.50. The topological polar surface area (TPSA) is 32.8 Å². The van der Waals surface area contributed by atoms with E-state index in [-0.39, 0.29) is 6.10 Å². The van der Waals surface area contributed by atoms with Gasteiger partial charge >= 0.3 is 0 Å². The Morgan fingerprint density at radius 2 is 2.23 bits per heavy atom. The summed E-state index contributed by atoms with van der Waals surface area (Å²) in [5.74, 6) is 1.50. The third-order valence-electron chi connectivity index (χ3n) is 5.11. The predicted molar refractivity (Wildman–Crippen MR) is 86.7 cm³/mol. The Labute approximate surface area is 136 Å². The summed E-state index contributed by atoms with van der Waals surface area (Å²) in [4.78, 5) is 16.9. The van der Waals surface area contributed by atoms with E-state index in [2.05, 4.69) is 26.6 Å². The molecule has 3 fully saturated rings. The number of hydrogen-bond acceptors (Lipinski definition) is 4. The van der Waals surface area contributed by atoms with Gasteiger partial charge in [0.05, 0.1) is 12.7 Å². The Kier molecular flexibility index (Phi) is 4.20. The number of thiophene rings is 1. The van der Waals surface area contributed by atoms with Crippen molar-refractivity contribution in [1.82, 2.24) is 9.80 Å². The number of likely N-dealkylation sites (tertiary alicyclic amines) is 1. The monoisotopic (exact) mass is 320 g/mol. The summed E-state index contributed by atoms with van der Waals surface area (Å²) in [6.45, 7) is 5.54. The van der Waals surface area contributed by atoms with Crippen LogP contribution in [0.25, 0.3) is 0 Å². The van der Waals surface area contributed by atoms with Crippen LogP contribution in [0, 0.1) is 11.8 Å². The molecule has 120 valence electrons. The van der Waals surface area contributed by atoms with Gasteiger partial charge in [-0.1, -0.05) is 0 Å². The highest BCUT2D eigenvalue weighted by Crippen LogP contribution is 2.34. The number of ether oxygens (including phenoxy) is 1. The average Bonchev–Trinajstić information content (AvgIpc) is 3.06. The molecule has 0 aromatic carbocycles. The van der Waals surface area contributed by atoms with Gasteiger partial charge in [-0.3, -0.25) is 9.69 Å². The van der Waals surface area contributed by atoms with Gasteiger partial charge in [0.15, 0.2) is 0 Å². The Morgan fingerprint density at radius 3 is 3.00 bits per heavy atom. The number of carbonyl (C=O) groups excluding carboxylic acids is 1. The van der Waals surface area contributed by atoms with Crippen molar-refractivity contribution in [2.45, 2.75) is 31.9 Å². The number of amides is 1. The van der Waals surface area contributed by atoms with Gasteiger partial charge in [-0.25, -0.2) is 0 Å². The van der Waals surface area contributed by atoms with Crippen molar-refractivity contribution in [1.29, 1.82) is 0 Å². The van der Waals surface area contributed by atoms with E-state index in [0.717, 1.165) is 45.8 Å². The third kappa shape index (κ3) is 3.36. The molecular weight excluding hydrogens is 296 g/mol. The van der Waals surface area contributed by atoms with Gasteiger partial charge in [-0.05, 0) is 41.1 Å². The number of nitrogens with zero attached hydrogens (tertiary/aromatic N) is 2. The molecule has 3 aliphatic rings. The molecule has 0 radical (unpaired) electrons. The Balaban J connectivity index is 1.35. The molecule has 4 nitrogen and oxygen atoms in total. The molecule has 5 heteroatoms. The molecule has 1 aliphatic carbocycles. The van der Waals surface area contributed by atoms with E-state index < -0.39 is 0 Å². The molecule has 0 unspecified atom stereocenters. The lowest BCUT2D eigenvalue weighted by Gasteiger charge is -2.23. The zero-order chi connectivity index (χ0) is 14.9. The van der Waals surface area contributed by atoms with Crippen LogP contribution in [0.5, 0.6) is 0 Å². The highest BCUT2D eigenvalue weighted by molar-refractivity contribution is 7.07. The third-order valence-corrected chi connectivity index (χ3v) is 5.84. The van der Waals surface area contributed by atoms with Crippen molar-refractivity contribution in [3.63, 3.8) is 0 Å². The van der Waals surface area contributed by atoms with Crippen LogP contribution in [0.4, 0.5) is 0 Å². The van der Waals surface area contributed by atoms with Crippen molar-refractivity contribution in [2.24, 2.45) is 11.8 Å². The molecule has 1 aromatic heterocycles. The summed E-state index contributed by atoms with van der Waals surface area (Å²) < 4.78 is 6.04. The molecule has 0 spiro atoms. The zero-order valence-corrected chi connectivity index (χ0v) is 13.8. The fraction of sp³-hybridized carbons (Fsp3) is 0.706. The first-order valence-corrected chi connectivity index (χ1v) is 9.35. The first-order chi connectivity index (χ1) is 10.8. The maximum Gasteiger partial charge on any atom is 0.222 e. The molecule has 1 aromatic rings. The van der Waals surface area contributed by atoms with Crippen LogP contribution in [-0.4, -0.2) is 54.6 Å². The van der Waals surface area contributed by atoms with Crippen LogP contribution in [0.2, 0.25) is 0 Å². The van der Waals surface area contributed by atoms with Crippen molar-refractivity contribution < 1.29 is 9.53 Å². The van der Waals surface area contributed by atoms with E-state index >= 15 is 0 Å². The van der Waals surface area contributed by atoms with Crippen molar-refractivity contribution in [3.05, 3.63) is 22.4 Å². The molecule has 3 heterocycles. The van der Waals surface area contributed by atoms with Gasteiger partial charge in [0.25, 0.3) is 0 Å². The average molecular weight is 320 g/mol. The molecule has 1 amide bonds. The molecule has 4 rings (SSSR count). The second kappa shape index (κ2) is 6.30. The molecule has 22 heavy (non-hydrogen) atoms. The van der Waals surface area contributed by atoms with E-state index in [9.17, 15) is 4.79 Å². The second-order valence-corrected chi connectivity index (χ2v) is 7.76. The fourth-order valence-corrected chi connectivity index (χ4v) is 4.31. The van der Waals surface area contributed by atoms with Crippen LogP contribution in [0.15, 0.2) is 16.8 Å². The Bertz CT molecular complexity index is 515. The van der Waals surface area contributed by atoms with Gasteiger partial charge in [-0.2, -0.15) is 11.3 Å². The normalized spacial score (nSPS) is 29.4. The predicted octanol–water partition coefficient (Wildman–Crippen LogP) is 2.21. The van der Waals surface area contributed by atoms with Crippen LogP contribution >= 0.6 is 11.3 Å². The van der Waals surface area contributed by atoms with E-state index in [1.54, 1.807) is 11.3 Å². The minimum Gasteiger partial charge on any atom is -0.375 e. The minimum atomic E-state index is 0.246. The van der Waals surface area contributed by atoms with Crippen LogP contribution < -0.4 is 0 Å². The van der Waals surface area contributed by atoms with Crippen molar-refractivity contribution in [3.8, 4) is 0 Å². The first-order valence-electron chi connectivity index (χ1n) is 8.41. The van der Waals surface area contributed by atoms with Gasteiger partial charge in [-0.15, -0.1) is 0 Å². The molecular formula is C17H24N2O2S. The summed E-state index contributed by atoms with van der Waals surface area (Å²) in [5, 5.41) is 4.36. The van der Waals surface area contributed by atoms with Crippen LogP contribution in [0.3, 0.4) is 0 Å². The molecule has 0 bridgehead atoms. The lowest BCUT2D eigenvalue weighted by atomic mass is 10.1. The van der Waals surface area contributed by atoms with Gasteiger partial charge < -0.3 is 9.64 Å². The summed E-state index contributed by atoms with van der Waals surface area (Å²) in [5.41, 5.74) is 1.39. The fourth-order valence-electron chi connectivity index (χ4n) is 3.65. The van der Waals surface area contributed by atoms with Gasteiger partial charge in [0.1, 0.15) is 0 Å². The summed E-state index contributed by atoms with van der Waals surface area (Å²) >= 11 is 1.76. The first kappa shape index (κ1) is 14.7. The highest BCUT2D eigenvalue weighted by atomic mass is 32.1. The number of rotatable bonds is 4. The van der Waals surface area contributed by atoms with Gasteiger partial charge in [0, 0.05) is 45.1 Å². The smallest absolute Gasteiger partial charge is 0.222 e. The van der Waals surface area contributed by atoms with E-state index in [4.69, 9.17) is 4.74 Å². The van der Waals surface area contributed by atoms with Crippen LogP contribution in [-0.2, 0) is 16.1 Å². The van der Waals surface area contributed by atoms with E-state index in [0.29, 0.717) is 17.7 Å². The standard InChI is InChI=1S/C17H24N2O2S/c20-17(7-13-1-2-13)19-10-15-9-18(4-5-21-16(15)11-19)8-14-3-6-22-12-14/h3,6,12-13,15-16H,1-2,4-5,7-11H2/t15-,16+/m0/s1. The molecule has 2 saturated heterocycles. The quantitative estimate of drug-likeness (QED) is 0.853. The number of fused-ring (bicyclic) bond motifs is 1. The van der Waals surface area contributed by atoms with Crippen LogP contribution in [0.1, 0.15) is 24.8 Å². The maximum atomic E-state index is 12.3. The Hall–Kier alpha value is -0.910. The Morgan fingerprint density at radius 1 is 1.32 bits per heavy atom. The largest absolute Gasteiger partial charge is 0.375 e. The van der Waals surface area contributed by atoms with E-state index in [1.165, 1.54) is 18.4 Å². The summed E-state index contributed by atoms with van der Waals surface area (Å²) in [6, 6.07) is 2.20. The number of hydrogen-bond donors (Lipinski definition) is 0. The lowest BCUT2D eigenvalue weighted by Crippen LogP contribution is -2.33. The van der Waals surface area contributed by atoms with Crippen molar-refractivity contribution in [2.75, 3.05) is 32.8 Å².